The Morgan fingerprint density at radius 3 is 2.23 bits per heavy atom. The second-order valence-electron chi connectivity index (χ2n) is 9.24. The van der Waals surface area contributed by atoms with Gasteiger partial charge in [-0.3, -0.25) is 0 Å². The number of rotatable bonds is 8. The van der Waals surface area contributed by atoms with Gasteiger partial charge in [-0.2, -0.15) is 0 Å². The highest BCUT2D eigenvalue weighted by atomic mass is 32.2. The minimum atomic E-state index is 0.588. The fraction of sp³-hybridized carbons (Fsp3) is 0.152. The third-order valence-electron chi connectivity index (χ3n) is 6.41. The van der Waals surface area contributed by atoms with E-state index in [0.29, 0.717) is 22.9 Å². The molecule has 0 bridgehead atoms. The van der Waals surface area contributed by atoms with Crippen LogP contribution in [0.15, 0.2) is 126 Å². The summed E-state index contributed by atoms with van der Waals surface area (Å²) in [5, 5.41) is 2.11. The fourth-order valence-corrected chi connectivity index (χ4v) is 6.13. The van der Waals surface area contributed by atoms with Crippen LogP contribution in [0.3, 0.4) is 0 Å². The van der Waals surface area contributed by atoms with Gasteiger partial charge in [-0.05, 0) is 79.3 Å². The van der Waals surface area contributed by atoms with Crippen molar-refractivity contribution in [1.29, 1.82) is 0 Å². The number of oxazole rings is 2. The van der Waals surface area contributed by atoms with Crippen LogP contribution < -0.4 is 0 Å². The molecule has 2 aromatic heterocycles. The Labute approximate surface area is 236 Å². The summed E-state index contributed by atoms with van der Waals surface area (Å²) in [4.78, 5) is 13.1. The predicted molar refractivity (Wildman–Crippen MR) is 164 cm³/mol. The number of aromatic nitrogens is 2. The molecule has 2 heterocycles. The van der Waals surface area contributed by atoms with Gasteiger partial charge < -0.3 is 8.83 Å². The maximum Gasteiger partial charge on any atom is 0.227 e. The van der Waals surface area contributed by atoms with Gasteiger partial charge in [-0.15, -0.1) is 0 Å². The minimum Gasteiger partial charge on any atom is -0.436 e. The number of nitrogens with zero attached hydrogens (tertiary/aromatic N) is 2. The molecule has 1 aliphatic rings. The lowest BCUT2D eigenvalue weighted by atomic mass is 10.1. The van der Waals surface area contributed by atoms with Crippen LogP contribution in [0.5, 0.6) is 0 Å². The molecule has 194 valence electrons. The van der Waals surface area contributed by atoms with Crippen molar-refractivity contribution in [2.75, 3.05) is 0 Å². The van der Waals surface area contributed by atoms with E-state index in [0.717, 1.165) is 51.2 Å². The Balaban J connectivity index is 1.26. The number of hydrogen-bond acceptors (Lipinski definition) is 6. The number of allylic oxidation sites excluding steroid dienone is 6. The maximum atomic E-state index is 6.19. The van der Waals surface area contributed by atoms with Crippen LogP contribution in [0.4, 0.5) is 0 Å². The first-order valence-corrected chi connectivity index (χ1v) is 14.9. The smallest absolute Gasteiger partial charge is 0.227 e. The Hall–Kier alpha value is -3.74. The lowest BCUT2D eigenvalue weighted by molar-refractivity contribution is 0.609. The van der Waals surface area contributed by atoms with Gasteiger partial charge in [0, 0.05) is 31.9 Å². The molecule has 0 N–H and O–H groups in total. The van der Waals surface area contributed by atoms with Gasteiger partial charge >= 0.3 is 0 Å². The Bertz CT molecular complexity index is 1720. The van der Waals surface area contributed by atoms with Crippen LogP contribution in [0.1, 0.15) is 33.1 Å². The highest BCUT2D eigenvalue weighted by Gasteiger charge is 2.15. The molecular weight excluding hydrogens is 521 g/mol. The van der Waals surface area contributed by atoms with E-state index in [1.54, 1.807) is 23.5 Å². The Morgan fingerprint density at radius 1 is 0.846 bits per heavy atom. The molecule has 5 aromatic rings. The average Bonchev–Trinajstić information content (AvgIpc) is 3.49. The van der Waals surface area contributed by atoms with Crippen molar-refractivity contribution in [3.63, 3.8) is 0 Å². The third kappa shape index (κ3) is 5.82. The molecule has 0 amide bonds. The normalized spacial score (nSPS) is 13.8. The van der Waals surface area contributed by atoms with Crippen molar-refractivity contribution in [1.82, 2.24) is 9.97 Å². The van der Waals surface area contributed by atoms with Crippen molar-refractivity contribution in [2.45, 2.75) is 42.9 Å². The van der Waals surface area contributed by atoms with E-state index in [1.807, 2.05) is 36.4 Å². The lowest BCUT2D eigenvalue weighted by Gasteiger charge is -2.05. The summed E-state index contributed by atoms with van der Waals surface area (Å²) >= 11 is 3.45. The molecule has 4 nitrogen and oxygen atoms in total. The molecule has 0 atom stereocenters. The zero-order valence-corrected chi connectivity index (χ0v) is 23.5. The molecular formula is C33H28N2O2S2. The first kappa shape index (κ1) is 25.5. The van der Waals surface area contributed by atoms with Crippen LogP contribution in [0, 0.1) is 0 Å². The van der Waals surface area contributed by atoms with Crippen molar-refractivity contribution in [2.24, 2.45) is 0 Å². The summed E-state index contributed by atoms with van der Waals surface area (Å²) in [5.74, 6) is 1.18. The molecule has 3 aromatic carbocycles. The largest absolute Gasteiger partial charge is 0.436 e. The maximum absolute atomic E-state index is 6.19. The van der Waals surface area contributed by atoms with E-state index in [9.17, 15) is 0 Å². The van der Waals surface area contributed by atoms with Gasteiger partial charge in [0.15, 0.2) is 11.2 Å². The van der Waals surface area contributed by atoms with E-state index >= 15 is 0 Å². The SMILES string of the molecule is CC/C=C/Sc1cccc(-c2nc3cc4nc(-c5cccc(SC6=CC=CCC(CC)=C6)c5)oc4cc3o2)c1. The number of hydrogen-bond donors (Lipinski definition) is 0. The van der Waals surface area contributed by atoms with Crippen molar-refractivity contribution < 1.29 is 8.83 Å². The highest BCUT2D eigenvalue weighted by Crippen LogP contribution is 2.35. The minimum absolute atomic E-state index is 0.588. The molecule has 0 saturated heterocycles. The second-order valence-corrected chi connectivity index (χ2v) is 11.4. The van der Waals surface area contributed by atoms with Gasteiger partial charge in [-0.25, -0.2) is 9.97 Å². The summed E-state index contributed by atoms with van der Waals surface area (Å²) < 4.78 is 12.3. The Kier molecular flexibility index (Phi) is 7.57. The zero-order valence-electron chi connectivity index (χ0n) is 21.9. The quantitative estimate of drug-likeness (QED) is 0.180. The summed E-state index contributed by atoms with van der Waals surface area (Å²) in [6.07, 6.45) is 14.1. The highest BCUT2D eigenvalue weighted by molar-refractivity contribution is 8.03. The molecule has 0 spiro atoms. The van der Waals surface area contributed by atoms with Gasteiger partial charge in [0.2, 0.25) is 11.8 Å². The molecule has 0 radical (unpaired) electrons. The average molecular weight is 549 g/mol. The zero-order chi connectivity index (χ0) is 26.6. The summed E-state index contributed by atoms with van der Waals surface area (Å²) in [5.41, 5.74) is 6.21. The van der Waals surface area contributed by atoms with E-state index in [4.69, 9.17) is 18.8 Å². The summed E-state index contributed by atoms with van der Waals surface area (Å²) in [6, 6.07) is 20.4. The van der Waals surface area contributed by atoms with Crippen molar-refractivity contribution in [3.05, 3.63) is 107 Å². The molecule has 0 saturated carbocycles. The molecule has 39 heavy (non-hydrogen) atoms. The number of thioether (sulfide) groups is 2. The van der Waals surface area contributed by atoms with Crippen LogP contribution in [0.25, 0.3) is 45.1 Å². The second kappa shape index (κ2) is 11.6. The van der Waals surface area contributed by atoms with Gasteiger partial charge in [0.05, 0.1) is 0 Å². The van der Waals surface area contributed by atoms with Crippen LogP contribution >= 0.6 is 23.5 Å². The summed E-state index contributed by atoms with van der Waals surface area (Å²) in [6.45, 7) is 4.34. The van der Waals surface area contributed by atoms with Crippen LogP contribution in [-0.4, -0.2) is 9.97 Å². The van der Waals surface area contributed by atoms with Crippen molar-refractivity contribution in [3.8, 4) is 22.9 Å². The van der Waals surface area contributed by atoms with Crippen LogP contribution in [-0.2, 0) is 0 Å². The number of benzene rings is 3. The Morgan fingerprint density at radius 2 is 1.54 bits per heavy atom. The van der Waals surface area contributed by atoms with E-state index < -0.39 is 0 Å². The van der Waals surface area contributed by atoms with Gasteiger partial charge in [0.25, 0.3) is 0 Å². The first-order valence-electron chi connectivity index (χ1n) is 13.2. The molecule has 1 aliphatic carbocycles. The van der Waals surface area contributed by atoms with Crippen molar-refractivity contribution >= 4 is 45.7 Å². The summed E-state index contributed by atoms with van der Waals surface area (Å²) in [7, 11) is 0. The standard InChI is InChI=1S/C33H28N2O2S2/c1-3-5-16-38-25-14-8-11-23(18-25)32-34-28-20-29-31(21-30(28)36-32)37-33(35-29)24-12-9-15-27(19-24)39-26-13-7-6-10-22(4-2)17-26/h5-9,11-21H,3-4,10H2,1-2H3/b16-5+. The topological polar surface area (TPSA) is 52.1 Å². The monoisotopic (exact) mass is 548 g/mol. The van der Waals surface area contributed by atoms with Gasteiger partial charge in [0.1, 0.15) is 11.0 Å². The lowest BCUT2D eigenvalue weighted by Crippen LogP contribution is -1.81. The molecule has 0 aliphatic heterocycles. The predicted octanol–water partition coefficient (Wildman–Crippen LogP) is 10.6. The molecule has 6 rings (SSSR count). The fourth-order valence-electron chi connectivity index (χ4n) is 4.35. The van der Waals surface area contributed by atoms with E-state index in [-0.39, 0.29) is 0 Å². The number of fused-ring (bicyclic) bond motifs is 2. The molecule has 6 heteroatoms. The first-order chi connectivity index (χ1) is 19.2. The van der Waals surface area contributed by atoms with E-state index in [2.05, 4.69) is 73.9 Å². The molecule has 0 fully saturated rings. The molecule has 0 unspecified atom stereocenters. The third-order valence-corrected chi connectivity index (χ3v) is 8.24. The van der Waals surface area contributed by atoms with E-state index in [1.165, 1.54) is 10.5 Å². The van der Waals surface area contributed by atoms with Crippen LogP contribution in [0.2, 0.25) is 0 Å². The van der Waals surface area contributed by atoms with Gasteiger partial charge in [-0.1, -0.05) is 73.3 Å².